The fourth-order valence-electron chi connectivity index (χ4n) is 8.20. The van der Waals surface area contributed by atoms with Crippen molar-refractivity contribution in [3.8, 4) is 0 Å². The Bertz CT molecular complexity index is 1020. The first-order chi connectivity index (χ1) is 31.0. The summed E-state index contributed by atoms with van der Waals surface area (Å²) in [7, 11) is 0. The number of unbranched alkanes of at least 4 members (excludes halogenated alkanes) is 36. The summed E-state index contributed by atoms with van der Waals surface area (Å²) in [5, 5.41) is 0. The first-order valence-corrected chi connectivity index (χ1v) is 27.8. The van der Waals surface area contributed by atoms with E-state index in [9.17, 15) is 14.4 Å². The predicted molar refractivity (Wildman–Crippen MR) is 270 cm³/mol. The predicted octanol–water partition coefficient (Wildman–Crippen LogP) is 18.3. The van der Waals surface area contributed by atoms with Crippen LogP contribution in [0.1, 0.15) is 303 Å². The summed E-state index contributed by atoms with van der Waals surface area (Å²) in [5.41, 5.74) is 0. The molecule has 0 bridgehead atoms. The molecule has 0 radical (unpaired) electrons. The Morgan fingerprint density at radius 2 is 0.524 bits per heavy atom. The Kier molecular flexibility index (Phi) is 50.8. The average Bonchev–Trinajstić information content (AvgIpc) is 3.28. The van der Waals surface area contributed by atoms with Crippen LogP contribution in [0.2, 0.25) is 0 Å². The number of ether oxygens (including phenoxy) is 3. The van der Waals surface area contributed by atoms with Crippen molar-refractivity contribution in [1.82, 2.24) is 0 Å². The highest BCUT2D eigenvalue weighted by Crippen LogP contribution is 2.16. The zero-order chi connectivity index (χ0) is 45.8. The Morgan fingerprint density at radius 3 is 0.810 bits per heavy atom. The van der Waals surface area contributed by atoms with Gasteiger partial charge in [-0.15, -0.1) is 0 Å². The van der Waals surface area contributed by atoms with E-state index in [1.54, 1.807) is 0 Å². The van der Waals surface area contributed by atoms with E-state index in [-0.39, 0.29) is 31.1 Å². The van der Waals surface area contributed by atoms with E-state index < -0.39 is 6.10 Å². The number of hydrogen-bond donors (Lipinski definition) is 0. The molecule has 0 aromatic heterocycles. The minimum Gasteiger partial charge on any atom is -0.462 e. The van der Waals surface area contributed by atoms with Gasteiger partial charge in [-0.1, -0.05) is 238 Å². The lowest BCUT2D eigenvalue weighted by molar-refractivity contribution is -0.167. The lowest BCUT2D eigenvalue weighted by Crippen LogP contribution is -2.30. The van der Waals surface area contributed by atoms with Crippen LogP contribution in [0.5, 0.6) is 0 Å². The zero-order valence-corrected chi connectivity index (χ0v) is 42.4. The van der Waals surface area contributed by atoms with Crippen molar-refractivity contribution in [3.05, 3.63) is 24.3 Å². The Hall–Kier alpha value is -2.11. The molecule has 0 unspecified atom stereocenters. The van der Waals surface area contributed by atoms with Gasteiger partial charge < -0.3 is 14.2 Å². The van der Waals surface area contributed by atoms with Crippen molar-refractivity contribution in [2.45, 2.75) is 309 Å². The summed E-state index contributed by atoms with van der Waals surface area (Å²) in [6.45, 7) is 6.65. The number of rotatable bonds is 51. The van der Waals surface area contributed by atoms with Crippen molar-refractivity contribution >= 4 is 17.9 Å². The molecular weight excluding hydrogens is 781 g/mol. The number of carbonyl (C=O) groups is 3. The molecule has 1 atom stereocenters. The minimum atomic E-state index is -0.768. The van der Waals surface area contributed by atoms with Crippen LogP contribution in [-0.4, -0.2) is 37.2 Å². The third kappa shape index (κ3) is 50.7. The summed E-state index contributed by atoms with van der Waals surface area (Å²) in [5.74, 6) is -0.861. The summed E-state index contributed by atoms with van der Waals surface area (Å²) in [6.07, 6.45) is 60.2. The molecule has 0 heterocycles. The molecule has 6 heteroatoms. The van der Waals surface area contributed by atoms with Gasteiger partial charge >= 0.3 is 17.9 Å². The third-order valence-electron chi connectivity index (χ3n) is 12.4. The topological polar surface area (TPSA) is 78.9 Å². The molecule has 0 aliphatic rings. The van der Waals surface area contributed by atoms with Gasteiger partial charge in [0, 0.05) is 19.3 Å². The van der Waals surface area contributed by atoms with Crippen molar-refractivity contribution in [3.63, 3.8) is 0 Å². The maximum atomic E-state index is 12.8. The van der Waals surface area contributed by atoms with Crippen LogP contribution < -0.4 is 0 Å². The lowest BCUT2D eigenvalue weighted by Gasteiger charge is -2.18. The minimum absolute atomic E-state index is 0.0697. The number of esters is 3. The number of carbonyl (C=O) groups excluding carboxylic acids is 3. The molecule has 0 amide bonds. The van der Waals surface area contributed by atoms with Crippen LogP contribution in [0.25, 0.3) is 0 Å². The van der Waals surface area contributed by atoms with Crippen molar-refractivity contribution in [1.29, 1.82) is 0 Å². The quantitative estimate of drug-likeness (QED) is 0.0262. The van der Waals surface area contributed by atoms with Crippen LogP contribution in [0.4, 0.5) is 0 Å². The molecule has 0 saturated heterocycles. The Balaban J connectivity index is 4.28. The van der Waals surface area contributed by atoms with Crippen molar-refractivity contribution < 1.29 is 28.6 Å². The van der Waals surface area contributed by atoms with E-state index in [4.69, 9.17) is 14.2 Å². The van der Waals surface area contributed by atoms with E-state index in [2.05, 4.69) is 45.1 Å². The highest BCUT2D eigenvalue weighted by molar-refractivity contribution is 5.71. The van der Waals surface area contributed by atoms with E-state index in [1.165, 1.54) is 205 Å². The summed E-state index contributed by atoms with van der Waals surface area (Å²) < 4.78 is 16.8. The molecular formula is C57H106O6. The van der Waals surface area contributed by atoms with Gasteiger partial charge in [0.15, 0.2) is 6.10 Å². The third-order valence-corrected chi connectivity index (χ3v) is 12.4. The van der Waals surface area contributed by atoms with Gasteiger partial charge in [0.2, 0.25) is 0 Å². The van der Waals surface area contributed by atoms with E-state index in [0.717, 1.165) is 57.8 Å². The summed E-state index contributed by atoms with van der Waals surface area (Å²) in [4.78, 5) is 38.0. The van der Waals surface area contributed by atoms with Crippen LogP contribution >= 0.6 is 0 Å². The Labute approximate surface area is 392 Å². The fourth-order valence-corrected chi connectivity index (χ4v) is 8.20. The van der Waals surface area contributed by atoms with Crippen LogP contribution in [-0.2, 0) is 28.6 Å². The SMILES string of the molecule is CCCCCC/C=C\CCCCCCCCCC(=O)OC[C@@H](COC(=O)CCCCCCCCCCC/C=C\CCCCCCCC)OC(=O)CCCCCCCCCCCCC. The molecule has 0 aliphatic carbocycles. The van der Waals surface area contributed by atoms with Gasteiger partial charge in [-0.25, -0.2) is 0 Å². The van der Waals surface area contributed by atoms with Gasteiger partial charge in [-0.05, 0) is 70.6 Å². The lowest BCUT2D eigenvalue weighted by atomic mass is 10.1. The maximum absolute atomic E-state index is 12.8. The summed E-state index contributed by atoms with van der Waals surface area (Å²) in [6, 6.07) is 0. The first kappa shape index (κ1) is 60.9. The molecule has 0 rings (SSSR count). The van der Waals surface area contributed by atoms with Gasteiger partial charge in [0.25, 0.3) is 0 Å². The van der Waals surface area contributed by atoms with Gasteiger partial charge in [-0.2, -0.15) is 0 Å². The van der Waals surface area contributed by atoms with Crippen LogP contribution in [0.3, 0.4) is 0 Å². The zero-order valence-electron chi connectivity index (χ0n) is 42.4. The highest BCUT2D eigenvalue weighted by atomic mass is 16.6. The first-order valence-electron chi connectivity index (χ1n) is 27.8. The number of allylic oxidation sites excluding steroid dienone is 4. The molecule has 0 aromatic carbocycles. The normalized spacial score (nSPS) is 12.1. The molecule has 0 aromatic rings. The summed E-state index contributed by atoms with van der Waals surface area (Å²) >= 11 is 0. The second-order valence-corrected chi connectivity index (χ2v) is 18.8. The van der Waals surface area contributed by atoms with Gasteiger partial charge in [0.05, 0.1) is 0 Å². The second-order valence-electron chi connectivity index (χ2n) is 18.8. The molecule has 370 valence electrons. The van der Waals surface area contributed by atoms with Crippen molar-refractivity contribution in [2.24, 2.45) is 0 Å². The standard InChI is InChI=1S/C57H106O6/c1-4-7-10-13-16-19-22-24-26-27-28-29-31-33-36-38-41-44-47-50-56(59)62-53-54(63-57(60)51-48-45-42-39-34-21-18-15-12-9-6-3)52-61-55(58)49-46-43-40-37-35-32-30-25-23-20-17-14-11-8-5-2/h20,23-24,26,54H,4-19,21-22,25,27-53H2,1-3H3/b23-20-,26-24-/t54-/m0/s1. The van der Waals surface area contributed by atoms with E-state index in [1.807, 2.05) is 0 Å². The average molecular weight is 887 g/mol. The molecule has 0 fully saturated rings. The second kappa shape index (κ2) is 52.5. The smallest absolute Gasteiger partial charge is 0.306 e. The van der Waals surface area contributed by atoms with Crippen molar-refractivity contribution in [2.75, 3.05) is 13.2 Å². The number of hydrogen-bond acceptors (Lipinski definition) is 6. The monoisotopic (exact) mass is 887 g/mol. The molecule has 63 heavy (non-hydrogen) atoms. The molecule has 0 spiro atoms. The Morgan fingerprint density at radius 1 is 0.302 bits per heavy atom. The molecule has 0 aliphatic heterocycles. The van der Waals surface area contributed by atoms with Gasteiger partial charge in [0.1, 0.15) is 13.2 Å². The van der Waals surface area contributed by atoms with E-state index >= 15 is 0 Å². The van der Waals surface area contributed by atoms with Crippen LogP contribution in [0.15, 0.2) is 24.3 Å². The highest BCUT2D eigenvalue weighted by Gasteiger charge is 2.19. The van der Waals surface area contributed by atoms with E-state index in [0.29, 0.717) is 19.3 Å². The largest absolute Gasteiger partial charge is 0.462 e. The maximum Gasteiger partial charge on any atom is 0.306 e. The van der Waals surface area contributed by atoms with Gasteiger partial charge in [-0.3, -0.25) is 14.4 Å². The molecule has 0 N–H and O–H groups in total. The molecule has 0 saturated carbocycles. The molecule has 6 nitrogen and oxygen atoms in total. The van der Waals surface area contributed by atoms with Crippen LogP contribution in [0, 0.1) is 0 Å². The fraction of sp³-hybridized carbons (Fsp3) is 0.877.